The molecule has 0 unspecified atom stereocenters. The minimum Gasteiger partial charge on any atom is -0.304 e. The van der Waals surface area contributed by atoms with Gasteiger partial charge in [-0.05, 0) is 30.3 Å². The van der Waals surface area contributed by atoms with Gasteiger partial charge < -0.3 is 5.32 Å². The van der Waals surface area contributed by atoms with Gasteiger partial charge in [-0.3, -0.25) is 9.78 Å². The molecule has 0 atom stereocenters. The van der Waals surface area contributed by atoms with Crippen molar-refractivity contribution in [2.24, 2.45) is 0 Å². The van der Waals surface area contributed by atoms with E-state index in [1.807, 2.05) is 0 Å². The molecule has 3 aromatic rings. The minimum absolute atomic E-state index is 0.227. The van der Waals surface area contributed by atoms with Crippen molar-refractivity contribution in [2.75, 3.05) is 5.32 Å². The van der Waals surface area contributed by atoms with Crippen LogP contribution in [0.1, 0.15) is 10.5 Å². The molecule has 0 fully saturated rings. The molecule has 0 aliphatic carbocycles. The fourth-order valence-electron chi connectivity index (χ4n) is 1.73. The van der Waals surface area contributed by atoms with E-state index in [9.17, 15) is 9.18 Å². The summed E-state index contributed by atoms with van der Waals surface area (Å²) in [5, 5.41) is 6.72. The quantitative estimate of drug-likeness (QED) is 0.798. The zero-order valence-corrected chi connectivity index (χ0v) is 10.8. The Morgan fingerprint density at radius 1 is 1.14 bits per heavy atom. The number of rotatable bonds is 3. The Labute approximate surface area is 119 Å². The number of nitrogens with zero attached hydrogens (tertiary/aromatic N) is 4. The molecule has 0 saturated heterocycles. The van der Waals surface area contributed by atoms with Crippen LogP contribution in [0.5, 0.6) is 0 Å². The lowest BCUT2D eigenvalue weighted by Gasteiger charge is -2.02. The molecule has 21 heavy (non-hydrogen) atoms. The first-order valence-corrected chi connectivity index (χ1v) is 6.11. The van der Waals surface area contributed by atoms with Gasteiger partial charge in [0.1, 0.15) is 5.82 Å². The molecule has 6 nitrogen and oxygen atoms in total. The number of anilines is 1. The lowest BCUT2D eigenvalue weighted by Crippen LogP contribution is -2.14. The van der Waals surface area contributed by atoms with Crippen LogP contribution in [0, 0.1) is 5.82 Å². The average molecular weight is 283 g/mol. The summed E-state index contributed by atoms with van der Waals surface area (Å²) in [5.41, 5.74) is 0.889. The van der Waals surface area contributed by atoms with E-state index in [2.05, 4.69) is 20.4 Å². The average Bonchev–Trinajstić information content (AvgIpc) is 2.99. The predicted octanol–water partition coefficient (Wildman–Crippen LogP) is 2.05. The number of aromatic nitrogens is 4. The van der Waals surface area contributed by atoms with E-state index >= 15 is 0 Å². The van der Waals surface area contributed by atoms with E-state index in [1.54, 1.807) is 24.4 Å². The van der Waals surface area contributed by atoms with Crippen molar-refractivity contribution in [3.05, 3.63) is 66.6 Å². The number of nitrogens with one attached hydrogen (secondary N) is 1. The highest BCUT2D eigenvalue weighted by Gasteiger charge is 2.11. The Morgan fingerprint density at radius 3 is 2.67 bits per heavy atom. The summed E-state index contributed by atoms with van der Waals surface area (Å²) in [6.45, 7) is 0. The van der Waals surface area contributed by atoms with Crippen LogP contribution >= 0.6 is 0 Å². The van der Waals surface area contributed by atoms with Gasteiger partial charge in [0.05, 0.1) is 11.9 Å². The lowest BCUT2D eigenvalue weighted by molar-refractivity contribution is 0.102. The molecular weight excluding hydrogens is 273 g/mol. The molecule has 1 aromatic carbocycles. The van der Waals surface area contributed by atoms with Gasteiger partial charge in [0.2, 0.25) is 0 Å². The maximum atomic E-state index is 12.9. The highest BCUT2D eigenvalue weighted by molar-refractivity contribution is 6.02. The molecule has 2 aromatic heterocycles. The molecule has 0 aliphatic rings. The first kappa shape index (κ1) is 12.9. The summed E-state index contributed by atoms with van der Waals surface area (Å²) in [5.74, 6) is -0.373. The fraction of sp³-hybridized carbons (Fsp3) is 0. The molecule has 1 amide bonds. The van der Waals surface area contributed by atoms with Gasteiger partial charge in [0, 0.05) is 18.6 Å². The van der Waals surface area contributed by atoms with Crippen LogP contribution in [0.3, 0.4) is 0 Å². The van der Waals surface area contributed by atoms with Crippen molar-refractivity contribution in [3.63, 3.8) is 0 Å². The zero-order valence-electron chi connectivity index (χ0n) is 10.8. The third-order valence-electron chi connectivity index (χ3n) is 2.72. The van der Waals surface area contributed by atoms with Gasteiger partial charge in [-0.15, -0.1) is 0 Å². The van der Waals surface area contributed by atoms with E-state index in [1.165, 1.54) is 35.4 Å². The van der Waals surface area contributed by atoms with E-state index in [4.69, 9.17) is 0 Å². The van der Waals surface area contributed by atoms with Crippen LogP contribution in [0.15, 0.2) is 55.1 Å². The number of hydrogen-bond donors (Lipinski definition) is 1. The summed E-state index contributed by atoms with van der Waals surface area (Å²) < 4.78 is 14.4. The molecule has 0 aliphatic heterocycles. The SMILES string of the molecule is O=C(Nc1cnccn1)c1ccn(-c2ccc(F)cc2)n1. The van der Waals surface area contributed by atoms with E-state index < -0.39 is 5.91 Å². The first-order chi connectivity index (χ1) is 10.2. The smallest absolute Gasteiger partial charge is 0.277 e. The number of carbonyl (C=O) groups excluding carboxylic acids is 1. The van der Waals surface area contributed by atoms with Gasteiger partial charge in [-0.25, -0.2) is 14.1 Å². The molecule has 0 radical (unpaired) electrons. The van der Waals surface area contributed by atoms with Gasteiger partial charge in [0.15, 0.2) is 11.5 Å². The third-order valence-corrected chi connectivity index (χ3v) is 2.72. The Morgan fingerprint density at radius 2 is 1.95 bits per heavy atom. The summed E-state index contributed by atoms with van der Waals surface area (Å²) in [6.07, 6.45) is 6.05. The van der Waals surface area contributed by atoms with Crippen LogP contribution in [0.4, 0.5) is 10.2 Å². The zero-order chi connectivity index (χ0) is 14.7. The van der Waals surface area contributed by atoms with Crippen molar-refractivity contribution in [2.45, 2.75) is 0 Å². The van der Waals surface area contributed by atoms with Crippen LogP contribution < -0.4 is 5.32 Å². The third kappa shape index (κ3) is 2.92. The summed E-state index contributed by atoms with van der Waals surface area (Å²) >= 11 is 0. The monoisotopic (exact) mass is 283 g/mol. The number of hydrogen-bond acceptors (Lipinski definition) is 4. The summed E-state index contributed by atoms with van der Waals surface area (Å²) in [7, 11) is 0. The molecule has 2 heterocycles. The van der Waals surface area contributed by atoms with Crippen molar-refractivity contribution in [1.29, 1.82) is 0 Å². The highest BCUT2D eigenvalue weighted by atomic mass is 19.1. The van der Waals surface area contributed by atoms with Crippen LogP contribution in [0.25, 0.3) is 5.69 Å². The molecule has 0 spiro atoms. The van der Waals surface area contributed by atoms with Crippen LogP contribution in [-0.4, -0.2) is 25.7 Å². The number of amides is 1. The second-order valence-electron chi connectivity index (χ2n) is 4.17. The summed E-state index contributed by atoms with van der Waals surface area (Å²) in [6, 6.07) is 7.38. The van der Waals surface area contributed by atoms with Crippen LogP contribution in [0.2, 0.25) is 0 Å². The van der Waals surface area contributed by atoms with E-state index in [-0.39, 0.29) is 11.5 Å². The molecule has 1 N–H and O–H groups in total. The van der Waals surface area contributed by atoms with Crippen LogP contribution in [-0.2, 0) is 0 Å². The number of carbonyl (C=O) groups is 1. The van der Waals surface area contributed by atoms with Gasteiger partial charge in [-0.1, -0.05) is 0 Å². The lowest BCUT2D eigenvalue weighted by atomic mass is 10.3. The highest BCUT2D eigenvalue weighted by Crippen LogP contribution is 2.10. The van der Waals surface area contributed by atoms with E-state index in [0.29, 0.717) is 11.5 Å². The molecular formula is C14H10FN5O. The van der Waals surface area contributed by atoms with Crippen molar-refractivity contribution in [3.8, 4) is 5.69 Å². The van der Waals surface area contributed by atoms with Gasteiger partial charge in [-0.2, -0.15) is 5.10 Å². The van der Waals surface area contributed by atoms with Crippen molar-refractivity contribution < 1.29 is 9.18 Å². The molecule has 104 valence electrons. The largest absolute Gasteiger partial charge is 0.304 e. The topological polar surface area (TPSA) is 72.7 Å². The molecule has 7 heteroatoms. The molecule has 0 bridgehead atoms. The Hall–Kier alpha value is -3.09. The normalized spacial score (nSPS) is 10.3. The summed E-state index contributed by atoms with van der Waals surface area (Å²) in [4.78, 5) is 19.8. The van der Waals surface area contributed by atoms with Crippen molar-refractivity contribution >= 4 is 11.7 Å². The first-order valence-electron chi connectivity index (χ1n) is 6.11. The maximum Gasteiger partial charge on any atom is 0.277 e. The predicted molar refractivity (Wildman–Crippen MR) is 73.5 cm³/mol. The maximum absolute atomic E-state index is 12.9. The molecule has 0 saturated carbocycles. The fourth-order valence-corrected chi connectivity index (χ4v) is 1.73. The second kappa shape index (κ2) is 5.49. The van der Waals surface area contributed by atoms with Gasteiger partial charge in [0.25, 0.3) is 5.91 Å². The second-order valence-corrected chi connectivity index (χ2v) is 4.17. The Balaban J connectivity index is 1.78. The van der Waals surface area contributed by atoms with Gasteiger partial charge >= 0.3 is 0 Å². The minimum atomic E-state index is -0.392. The Kier molecular flexibility index (Phi) is 3.38. The van der Waals surface area contributed by atoms with Crippen molar-refractivity contribution in [1.82, 2.24) is 19.7 Å². The standard InChI is InChI=1S/C14H10FN5O/c15-10-1-3-11(4-2-10)20-8-5-12(19-20)14(21)18-13-9-16-6-7-17-13/h1-9H,(H,17,18,21). The number of halogens is 1. The Bertz CT molecular complexity index is 755. The number of benzene rings is 1. The van der Waals surface area contributed by atoms with E-state index in [0.717, 1.165) is 0 Å². The molecule has 3 rings (SSSR count).